The zero-order chi connectivity index (χ0) is 16.9. The molecule has 1 N–H and O–H groups in total. The molecule has 5 heteroatoms. The Morgan fingerprint density at radius 3 is 2.50 bits per heavy atom. The summed E-state index contributed by atoms with van der Waals surface area (Å²) in [6, 6.07) is 8.21. The molecule has 0 aliphatic carbocycles. The molecule has 2 aliphatic heterocycles. The van der Waals surface area contributed by atoms with Gasteiger partial charge >= 0.3 is 0 Å². The van der Waals surface area contributed by atoms with Crippen molar-refractivity contribution in [2.45, 2.75) is 31.8 Å². The fourth-order valence-corrected chi connectivity index (χ4v) is 3.65. The first-order valence-electron chi connectivity index (χ1n) is 9.04. The lowest BCUT2D eigenvalue weighted by Crippen LogP contribution is -2.37. The number of nitrogens with zero attached hydrogens (tertiary/aromatic N) is 2. The highest BCUT2D eigenvalue weighted by atomic mass is 16.5. The second-order valence-electron chi connectivity index (χ2n) is 7.23. The van der Waals surface area contributed by atoms with Gasteiger partial charge in [-0.05, 0) is 70.0 Å². The maximum atomic E-state index is 12.1. The highest BCUT2D eigenvalue weighted by Crippen LogP contribution is 2.25. The zero-order valence-electron chi connectivity index (χ0n) is 14.8. The van der Waals surface area contributed by atoms with Gasteiger partial charge in [-0.15, -0.1) is 0 Å². The van der Waals surface area contributed by atoms with E-state index in [1.807, 2.05) is 12.1 Å². The second-order valence-corrected chi connectivity index (χ2v) is 7.23. The van der Waals surface area contributed by atoms with Crippen LogP contribution in [0.3, 0.4) is 0 Å². The molecular weight excluding hydrogens is 302 g/mol. The van der Waals surface area contributed by atoms with Crippen LogP contribution in [0.5, 0.6) is 0 Å². The van der Waals surface area contributed by atoms with Crippen LogP contribution in [-0.4, -0.2) is 57.2 Å². The van der Waals surface area contributed by atoms with Crippen molar-refractivity contribution < 1.29 is 9.53 Å². The Kier molecular flexibility index (Phi) is 5.74. The summed E-state index contributed by atoms with van der Waals surface area (Å²) in [4.78, 5) is 16.8. The lowest BCUT2D eigenvalue weighted by Gasteiger charge is -2.34. The molecule has 1 amide bonds. The maximum Gasteiger partial charge on any atom is 0.253 e. The Bertz CT molecular complexity index is 530. The van der Waals surface area contributed by atoms with Gasteiger partial charge < -0.3 is 19.9 Å². The number of benzene rings is 1. The number of carbonyl (C=O) groups is 1. The van der Waals surface area contributed by atoms with Crippen molar-refractivity contribution in [1.29, 1.82) is 0 Å². The first-order chi connectivity index (χ1) is 11.6. The van der Waals surface area contributed by atoms with E-state index < -0.39 is 0 Å². The van der Waals surface area contributed by atoms with Gasteiger partial charge in [0.15, 0.2) is 0 Å². The Balaban J connectivity index is 1.50. The van der Waals surface area contributed by atoms with E-state index in [-0.39, 0.29) is 12.0 Å². The molecule has 1 aromatic rings. The number of hydrogen-bond acceptors (Lipinski definition) is 4. The van der Waals surface area contributed by atoms with Crippen molar-refractivity contribution in [2.24, 2.45) is 5.92 Å². The van der Waals surface area contributed by atoms with Crippen LogP contribution in [-0.2, 0) is 9.53 Å². The Labute approximate surface area is 145 Å². The minimum Gasteiger partial charge on any atom is -0.372 e. The van der Waals surface area contributed by atoms with E-state index in [1.54, 1.807) is 0 Å². The minimum absolute atomic E-state index is 0.0234. The number of piperidine rings is 1. The predicted octanol–water partition coefficient (Wildman–Crippen LogP) is 2.58. The molecule has 1 unspecified atom stereocenters. The van der Waals surface area contributed by atoms with Gasteiger partial charge in [-0.2, -0.15) is 0 Å². The van der Waals surface area contributed by atoms with Gasteiger partial charge in [0.25, 0.3) is 5.91 Å². The first kappa shape index (κ1) is 17.2. The molecule has 132 valence electrons. The number of rotatable bonds is 5. The molecule has 2 saturated heterocycles. The lowest BCUT2D eigenvalue weighted by atomic mass is 9.96. The van der Waals surface area contributed by atoms with E-state index in [0.717, 1.165) is 37.5 Å². The Morgan fingerprint density at radius 1 is 1.21 bits per heavy atom. The summed E-state index contributed by atoms with van der Waals surface area (Å²) in [6.45, 7) is 4.10. The summed E-state index contributed by atoms with van der Waals surface area (Å²) < 4.78 is 5.42. The summed E-state index contributed by atoms with van der Waals surface area (Å²) in [5.74, 6) is 0.783. The Hall–Kier alpha value is -1.59. The number of amides is 1. The molecule has 2 heterocycles. The number of ether oxygens (including phenoxy) is 1. The van der Waals surface area contributed by atoms with Crippen LogP contribution in [0.4, 0.5) is 11.4 Å². The van der Waals surface area contributed by atoms with Crippen molar-refractivity contribution in [3.8, 4) is 0 Å². The topological polar surface area (TPSA) is 44.8 Å². The van der Waals surface area contributed by atoms with Gasteiger partial charge in [0.1, 0.15) is 6.10 Å². The predicted molar refractivity (Wildman–Crippen MR) is 97.5 cm³/mol. The summed E-state index contributed by atoms with van der Waals surface area (Å²) in [7, 11) is 4.30. The second kappa shape index (κ2) is 7.99. The van der Waals surface area contributed by atoms with E-state index in [2.05, 4.69) is 41.3 Å². The van der Waals surface area contributed by atoms with Crippen molar-refractivity contribution in [3.63, 3.8) is 0 Å². The van der Waals surface area contributed by atoms with Crippen LogP contribution < -0.4 is 10.2 Å². The number of anilines is 2. The summed E-state index contributed by atoms with van der Waals surface area (Å²) in [5, 5.41) is 2.95. The van der Waals surface area contributed by atoms with E-state index in [1.165, 1.54) is 25.1 Å². The first-order valence-corrected chi connectivity index (χ1v) is 9.04. The average Bonchev–Trinajstić information content (AvgIpc) is 3.10. The van der Waals surface area contributed by atoms with Crippen LogP contribution in [0.1, 0.15) is 25.7 Å². The average molecular weight is 331 g/mol. The minimum atomic E-state index is -0.277. The fraction of sp³-hybridized carbons (Fsp3) is 0.632. The summed E-state index contributed by atoms with van der Waals surface area (Å²) in [5.41, 5.74) is 2.09. The van der Waals surface area contributed by atoms with Gasteiger partial charge in [0.05, 0.1) is 0 Å². The molecule has 5 nitrogen and oxygen atoms in total. The van der Waals surface area contributed by atoms with Crippen molar-refractivity contribution in [3.05, 3.63) is 24.3 Å². The molecule has 0 radical (unpaired) electrons. The van der Waals surface area contributed by atoms with Gasteiger partial charge in [-0.25, -0.2) is 0 Å². The number of carbonyl (C=O) groups excluding carboxylic acids is 1. The molecule has 2 aliphatic rings. The maximum absolute atomic E-state index is 12.1. The molecule has 1 atom stereocenters. The molecule has 0 bridgehead atoms. The Morgan fingerprint density at radius 2 is 1.92 bits per heavy atom. The highest BCUT2D eigenvalue weighted by Gasteiger charge is 2.24. The van der Waals surface area contributed by atoms with E-state index in [9.17, 15) is 4.79 Å². The smallest absolute Gasteiger partial charge is 0.253 e. The molecular formula is C19H29N3O2. The van der Waals surface area contributed by atoms with Crippen LogP contribution in [0, 0.1) is 5.92 Å². The van der Waals surface area contributed by atoms with Gasteiger partial charge in [-0.3, -0.25) is 4.79 Å². The monoisotopic (exact) mass is 331 g/mol. The summed E-state index contributed by atoms with van der Waals surface area (Å²) >= 11 is 0. The molecule has 0 saturated carbocycles. The lowest BCUT2D eigenvalue weighted by molar-refractivity contribution is -0.124. The normalized spacial score (nSPS) is 22.1. The van der Waals surface area contributed by atoms with Gasteiger partial charge in [0.2, 0.25) is 0 Å². The highest BCUT2D eigenvalue weighted by molar-refractivity contribution is 5.94. The van der Waals surface area contributed by atoms with Crippen LogP contribution in [0.2, 0.25) is 0 Å². The SMILES string of the molecule is CN(C)CC1CCN(c2ccc(NC(=O)C3CCCO3)cc2)CC1. The van der Waals surface area contributed by atoms with Crippen molar-refractivity contribution in [1.82, 2.24) is 4.90 Å². The largest absolute Gasteiger partial charge is 0.372 e. The molecule has 3 rings (SSSR count). The van der Waals surface area contributed by atoms with E-state index >= 15 is 0 Å². The van der Waals surface area contributed by atoms with Crippen molar-refractivity contribution >= 4 is 17.3 Å². The quantitative estimate of drug-likeness (QED) is 0.901. The third kappa shape index (κ3) is 4.48. The molecule has 0 aromatic heterocycles. The van der Waals surface area contributed by atoms with E-state index in [4.69, 9.17) is 4.74 Å². The standard InChI is InChI=1S/C19H29N3O2/c1-21(2)14-15-9-11-22(12-10-15)17-7-5-16(6-8-17)20-19(23)18-4-3-13-24-18/h5-8,15,18H,3-4,9-14H2,1-2H3,(H,20,23). The zero-order valence-corrected chi connectivity index (χ0v) is 14.8. The molecule has 1 aromatic carbocycles. The fourth-order valence-electron chi connectivity index (χ4n) is 3.65. The molecule has 2 fully saturated rings. The van der Waals surface area contributed by atoms with Gasteiger partial charge in [0, 0.05) is 37.6 Å². The number of nitrogens with one attached hydrogen (secondary N) is 1. The molecule has 0 spiro atoms. The number of hydrogen-bond donors (Lipinski definition) is 1. The summed E-state index contributed by atoms with van der Waals surface area (Å²) in [6.07, 6.45) is 4.01. The van der Waals surface area contributed by atoms with Crippen LogP contribution in [0.15, 0.2) is 24.3 Å². The van der Waals surface area contributed by atoms with E-state index in [0.29, 0.717) is 6.61 Å². The van der Waals surface area contributed by atoms with Crippen LogP contribution in [0.25, 0.3) is 0 Å². The van der Waals surface area contributed by atoms with Crippen molar-refractivity contribution in [2.75, 3.05) is 50.6 Å². The van der Waals surface area contributed by atoms with Gasteiger partial charge in [-0.1, -0.05) is 0 Å². The third-order valence-electron chi connectivity index (χ3n) is 4.96. The van der Waals surface area contributed by atoms with Crippen LogP contribution >= 0.6 is 0 Å². The molecule has 24 heavy (non-hydrogen) atoms. The third-order valence-corrected chi connectivity index (χ3v) is 4.96.